The van der Waals surface area contributed by atoms with Gasteiger partial charge in [0.25, 0.3) is 0 Å². The summed E-state index contributed by atoms with van der Waals surface area (Å²) in [6.45, 7) is 19.2. The van der Waals surface area contributed by atoms with Crippen molar-refractivity contribution in [1.29, 1.82) is 0 Å². The Morgan fingerprint density at radius 3 is 1.81 bits per heavy atom. The zero-order valence-electron chi connectivity index (χ0n) is 20.1. The van der Waals surface area contributed by atoms with E-state index in [0.29, 0.717) is 4.22 Å². The monoisotopic (exact) mass is 528 g/mol. The number of fused-ring (bicyclic) bond motifs is 1. The molecular weight excluding hydrogens is 495 g/mol. The number of allylic oxidation sites excluding steroid dienone is 1. The molecule has 0 saturated carbocycles. The Balaban J connectivity index is 0.00000300. The first-order valence-corrected chi connectivity index (χ1v) is 14.4. The van der Waals surface area contributed by atoms with Gasteiger partial charge in [-0.2, -0.15) is 0 Å². The first kappa shape index (κ1) is 31.0. The van der Waals surface area contributed by atoms with Crippen LogP contribution >= 0.6 is 0 Å². The molecule has 0 fully saturated rings. The van der Waals surface area contributed by atoms with Gasteiger partial charge < -0.3 is 37.2 Å². The maximum Gasteiger partial charge on any atom is -1.00 e. The van der Waals surface area contributed by atoms with Crippen molar-refractivity contribution >= 4 is 18.5 Å². The summed E-state index contributed by atoms with van der Waals surface area (Å²) in [4.78, 5) is 0. The molecule has 0 spiro atoms. The Morgan fingerprint density at radius 2 is 1.29 bits per heavy atom. The molecule has 0 aliphatic heterocycles. The first-order valence-electron chi connectivity index (χ1n) is 10.8. The average molecular weight is 530 g/mol. The maximum absolute atomic E-state index is 2.67. The molecule has 0 aromatic heterocycles. The largest absolute Gasteiger partial charge is 1.00 e. The van der Waals surface area contributed by atoms with Crippen LogP contribution in [0, 0.1) is 34.6 Å². The van der Waals surface area contributed by atoms with E-state index in [-0.39, 0.29) is 37.2 Å². The van der Waals surface area contributed by atoms with E-state index in [9.17, 15) is 0 Å². The summed E-state index contributed by atoms with van der Waals surface area (Å²) in [6, 6.07) is 10.6. The molecule has 168 valence electrons. The van der Waals surface area contributed by atoms with Gasteiger partial charge in [-0.15, -0.1) is 0 Å². The van der Waals surface area contributed by atoms with Crippen LogP contribution in [0.4, 0.5) is 0 Å². The molecule has 0 N–H and O–H groups in total. The summed E-state index contributed by atoms with van der Waals surface area (Å²) in [5.74, 6) is 0. The third-order valence-corrected chi connectivity index (χ3v) is 13.6. The normalized spacial score (nSPS) is 16.6. The minimum absolute atomic E-state index is 0. The fraction of sp³-hybridized carbons (Fsp3) is 0.462. The van der Waals surface area contributed by atoms with Gasteiger partial charge in [0.1, 0.15) is 0 Å². The van der Waals surface area contributed by atoms with Gasteiger partial charge >= 0.3 is 186 Å². The van der Waals surface area contributed by atoms with Crippen molar-refractivity contribution in [3.8, 4) is 0 Å². The molecule has 5 heteroatoms. The van der Waals surface area contributed by atoms with E-state index in [0.717, 1.165) is 0 Å². The minimum Gasteiger partial charge on any atom is -1.00 e. The molecule has 1 aliphatic rings. The van der Waals surface area contributed by atoms with Crippen LogP contribution in [0.5, 0.6) is 0 Å². The quantitative estimate of drug-likeness (QED) is 0.391. The molecule has 0 amide bonds. The van der Waals surface area contributed by atoms with Crippen LogP contribution in [0.25, 0.3) is 5.20 Å². The van der Waals surface area contributed by atoms with Gasteiger partial charge in [-0.05, 0) is 0 Å². The van der Waals surface area contributed by atoms with Crippen LogP contribution in [0.2, 0.25) is 12.6 Å². The fourth-order valence-corrected chi connectivity index (χ4v) is 12.1. The van der Waals surface area contributed by atoms with E-state index < -0.39 is 8.07 Å². The van der Waals surface area contributed by atoms with Crippen LogP contribution in [-0.4, -0.2) is 8.07 Å². The summed E-state index contributed by atoms with van der Waals surface area (Å²) in [6.07, 6.45) is 2.59. The van der Waals surface area contributed by atoms with Gasteiger partial charge in [0, 0.05) is 0 Å². The minimum atomic E-state index is -1.86. The topological polar surface area (TPSA) is 0 Å². The van der Waals surface area contributed by atoms with Gasteiger partial charge in [0.15, 0.2) is 0 Å². The van der Waals surface area contributed by atoms with Crippen molar-refractivity contribution in [3.63, 3.8) is 0 Å². The maximum atomic E-state index is 2.67. The van der Waals surface area contributed by atoms with Crippen molar-refractivity contribution < 1.29 is 57.7 Å². The molecule has 2 aromatic carbocycles. The molecule has 0 heterocycles. The van der Waals surface area contributed by atoms with Crippen molar-refractivity contribution in [2.45, 2.75) is 78.1 Å². The zero-order valence-corrected chi connectivity index (χ0v) is 25.0. The Kier molecular flexibility index (Phi) is 11.9. The second-order valence-corrected chi connectivity index (χ2v) is 14.1. The number of rotatable bonds is 5. The third kappa shape index (κ3) is 5.08. The number of hydrogen-bond acceptors (Lipinski definition) is 0. The molecule has 1 aliphatic carbocycles. The first-order chi connectivity index (χ1) is 13.2. The SMILES string of the molecule is CCCC[Si](C)(C1=C(C)[CH]([Ti+3])c2ccccc21)c1c(C)c(C)c(C)c(C)c1C.[Cl-].[Cl-].[Cl-]. The Hall–Kier alpha value is -0.0188. The molecular formula is C26H35Cl3SiTi. The van der Waals surface area contributed by atoms with E-state index in [4.69, 9.17) is 0 Å². The Bertz CT molecular complexity index is 938. The van der Waals surface area contributed by atoms with Crippen LogP contribution < -0.4 is 42.4 Å². The summed E-state index contributed by atoms with van der Waals surface area (Å²) in [5.41, 5.74) is 12.3. The number of benzene rings is 2. The third-order valence-electron chi connectivity index (χ3n) is 7.50. The number of unbranched alkanes of at least 4 members (excludes halogenated alkanes) is 1. The second-order valence-electron chi connectivity index (χ2n) is 9.01. The summed E-state index contributed by atoms with van der Waals surface area (Å²) in [7, 11) is -1.86. The molecule has 2 unspecified atom stereocenters. The Labute approximate surface area is 221 Å². The molecule has 0 radical (unpaired) electrons. The predicted molar refractivity (Wildman–Crippen MR) is 123 cm³/mol. The molecule has 2 aromatic rings. The Morgan fingerprint density at radius 1 is 0.806 bits per heavy atom. The average Bonchev–Trinajstić information content (AvgIpc) is 2.94. The van der Waals surface area contributed by atoms with E-state index in [2.05, 4.69) is 99.7 Å². The molecule has 0 nitrogen and oxygen atoms in total. The summed E-state index contributed by atoms with van der Waals surface area (Å²) in [5, 5.41) is 3.46. The summed E-state index contributed by atoms with van der Waals surface area (Å²) >= 11 is 2.40. The predicted octanol–water partition coefficient (Wildman–Crippen LogP) is -2.06. The van der Waals surface area contributed by atoms with Crippen LogP contribution in [0.1, 0.15) is 69.9 Å². The van der Waals surface area contributed by atoms with Gasteiger partial charge in [-0.3, -0.25) is 0 Å². The van der Waals surface area contributed by atoms with Crippen LogP contribution in [0.3, 0.4) is 0 Å². The molecule has 0 saturated heterocycles. The van der Waals surface area contributed by atoms with Gasteiger partial charge in [0.05, 0.1) is 0 Å². The van der Waals surface area contributed by atoms with E-state index in [1.54, 1.807) is 38.2 Å². The van der Waals surface area contributed by atoms with Gasteiger partial charge in [0.2, 0.25) is 0 Å². The number of hydrogen-bond donors (Lipinski definition) is 0. The smallest absolute Gasteiger partial charge is 1.00 e. The van der Waals surface area contributed by atoms with Crippen molar-refractivity contribution in [1.82, 2.24) is 0 Å². The van der Waals surface area contributed by atoms with E-state index in [1.807, 2.05) is 0 Å². The molecule has 2 atom stereocenters. The number of halogens is 3. The van der Waals surface area contributed by atoms with E-state index >= 15 is 0 Å². The van der Waals surface area contributed by atoms with Crippen molar-refractivity contribution in [3.05, 3.63) is 68.8 Å². The molecule has 0 bridgehead atoms. The zero-order chi connectivity index (χ0) is 20.8. The van der Waals surface area contributed by atoms with Gasteiger partial charge in [-0.1, -0.05) is 0 Å². The standard InChI is InChI=1S/C26H35Si.3ClH.Ti/c1-9-10-15-27(8,25-17(2)16-23-13-11-12-14-24(23)25)26-21(6)19(4)18(3)20(5)22(26)7;;;;/h11-14,16H,9-10,15H2,1-8H3;3*1H;/q;;;;+3/p-3. The van der Waals surface area contributed by atoms with E-state index in [1.165, 1.54) is 35.6 Å². The summed E-state index contributed by atoms with van der Waals surface area (Å²) < 4.78 is 0.549. The van der Waals surface area contributed by atoms with Crippen LogP contribution in [-0.2, 0) is 20.4 Å². The second kappa shape index (κ2) is 11.9. The van der Waals surface area contributed by atoms with Crippen molar-refractivity contribution in [2.75, 3.05) is 0 Å². The fourth-order valence-electron chi connectivity index (χ4n) is 5.53. The molecule has 31 heavy (non-hydrogen) atoms. The van der Waals surface area contributed by atoms with Gasteiger partial charge in [-0.25, -0.2) is 0 Å². The molecule has 3 rings (SSSR count). The van der Waals surface area contributed by atoms with Crippen molar-refractivity contribution in [2.24, 2.45) is 0 Å². The van der Waals surface area contributed by atoms with Crippen LogP contribution in [0.15, 0.2) is 29.8 Å².